The average molecular weight is 439 g/mol. The molecule has 9 heteroatoms. The minimum Gasteiger partial charge on any atom is -0.493 e. The number of methoxy groups -OCH3 is 2. The molecule has 1 spiro atoms. The van der Waals surface area contributed by atoms with Gasteiger partial charge < -0.3 is 24.1 Å². The molecule has 2 saturated heterocycles. The van der Waals surface area contributed by atoms with Crippen LogP contribution in [0.25, 0.3) is 0 Å². The van der Waals surface area contributed by atoms with Gasteiger partial charge in [-0.2, -0.15) is 0 Å². The lowest BCUT2D eigenvalue weighted by Gasteiger charge is -2.23. The van der Waals surface area contributed by atoms with Crippen LogP contribution in [0.4, 0.5) is 5.82 Å². The smallest absolute Gasteiger partial charge is 0.235 e. The van der Waals surface area contributed by atoms with Crippen molar-refractivity contribution in [3.8, 4) is 11.5 Å². The van der Waals surface area contributed by atoms with Gasteiger partial charge in [-0.3, -0.25) is 14.5 Å². The first-order chi connectivity index (χ1) is 15.5. The molecule has 3 aliphatic rings. The van der Waals surface area contributed by atoms with E-state index in [1.807, 2.05) is 30.4 Å². The minimum atomic E-state index is -0.792. The molecule has 1 aromatic carbocycles. The Morgan fingerprint density at radius 3 is 2.81 bits per heavy atom. The van der Waals surface area contributed by atoms with Crippen molar-refractivity contribution >= 4 is 17.6 Å². The number of carbonyl (C=O) groups is 2. The highest BCUT2D eigenvalue weighted by Crippen LogP contribution is 2.52. The molecular weight excluding hydrogens is 414 g/mol. The largest absolute Gasteiger partial charge is 0.493 e. The molecule has 1 N–H and O–H groups in total. The summed E-state index contributed by atoms with van der Waals surface area (Å²) in [5, 5.41) is 6.95. The van der Waals surface area contributed by atoms with Gasteiger partial charge in [0.1, 0.15) is 11.4 Å². The Labute approximate surface area is 185 Å². The summed E-state index contributed by atoms with van der Waals surface area (Å²) in [6.45, 7) is 2.53. The Morgan fingerprint density at radius 2 is 2.09 bits per heavy atom. The lowest BCUT2D eigenvalue weighted by Crippen LogP contribution is -2.44. The second-order valence-corrected chi connectivity index (χ2v) is 8.35. The highest BCUT2D eigenvalue weighted by Gasteiger charge is 2.67. The number of nitrogens with one attached hydrogen (secondary N) is 1. The summed E-state index contributed by atoms with van der Waals surface area (Å²) in [6, 6.07) is 7.38. The van der Waals surface area contributed by atoms with Crippen molar-refractivity contribution < 1.29 is 28.3 Å². The van der Waals surface area contributed by atoms with Gasteiger partial charge in [-0.05, 0) is 31.0 Å². The Bertz CT molecular complexity index is 1100. The van der Waals surface area contributed by atoms with Gasteiger partial charge in [-0.1, -0.05) is 23.4 Å². The number of hydrogen-bond acceptors (Lipinski definition) is 7. The number of fused-ring (bicyclic) bond motifs is 1. The van der Waals surface area contributed by atoms with Crippen LogP contribution in [0.15, 0.2) is 40.9 Å². The zero-order chi connectivity index (χ0) is 22.5. The van der Waals surface area contributed by atoms with Crippen molar-refractivity contribution in [2.75, 3.05) is 32.2 Å². The van der Waals surface area contributed by atoms with Gasteiger partial charge in [0.15, 0.2) is 17.3 Å². The maximum absolute atomic E-state index is 13.2. The van der Waals surface area contributed by atoms with Crippen LogP contribution in [-0.2, 0) is 20.7 Å². The number of nitrogens with zero attached hydrogens (tertiary/aromatic N) is 2. The van der Waals surface area contributed by atoms with Gasteiger partial charge in [0, 0.05) is 12.6 Å². The molecule has 32 heavy (non-hydrogen) atoms. The maximum atomic E-state index is 13.2. The van der Waals surface area contributed by atoms with Crippen LogP contribution in [0.1, 0.15) is 11.3 Å². The van der Waals surface area contributed by atoms with E-state index in [0.29, 0.717) is 42.6 Å². The van der Waals surface area contributed by atoms with E-state index in [1.165, 1.54) is 0 Å². The fraction of sp³-hybridized carbons (Fsp3) is 0.435. The van der Waals surface area contributed by atoms with Gasteiger partial charge in [-0.25, -0.2) is 0 Å². The molecule has 1 aromatic heterocycles. The van der Waals surface area contributed by atoms with Crippen molar-refractivity contribution in [1.29, 1.82) is 0 Å². The van der Waals surface area contributed by atoms with E-state index in [0.717, 1.165) is 5.56 Å². The molecule has 2 aromatic rings. The summed E-state index contributed by atoms with van der Waals surface area (Å²) < 4.78 is 21.9. The number of aromatic nitrogens is 1. The molecule has 5 rings (SSSR count). The Morgan fingerprint density at radius 1 is 1.28 bits per heavy atom. The van der Waals surface area contributed by atoms with Gasteiger partial charge in [0.25, 0.3) is 0 Å². The van der Waals surface area contributed by atoms with E-state index in [9.17, 15) is 9.59 Å². The van der Waals surface area contributed by atoms with E-state index in [-0.39, 0.29) is 11.8 Å². The summed E-state index contributed by atoms with van der Waals surface area (Å²) in [7, 11) is 3.18. The first-order valence-electron chi connectivity index (χ1n) is 10.6. The molecule has 4 heterocycles. The van der Waals surface area contributed by atoms with Crippen LogP contribution in [-0.4, -0.2) is 56.0 Å². The second kappa shape index (κ2) is 7.67. The molecule has 9 nitrogen and oxygen atoms in total. The van der Waals surface area contributed by atoms with Gasteiger partial charge in [0.2, 0.25) is 11.8 Å². The quantitative estimate of drug-likeness (QED) is 0.655. The zero-order valence-electron chi connectivity index (χ0n) is 18.2. The average Bonchev–Trinajstić information content (AvgIpc) is 3.54. The van der Waals surface area contributed by atoms with Crippen molar-refractivity contribution in [3.05, 3.63) is 47.7 Å². The Balaban J connectivity index is 1.27. The first-order valence-corrected chi connectivity index (χ1v) is 10.6. The molecule has 0 radical (unpaired) electrons. The summed E-state index contributed by atoms with van der Waals surface area (Å²) in [6.07, 6.45) is 4.03. The van der Waals surface area contributed by atoms with E-state index in [1.54, 1.807) is 32.1 Å². The van der Waals surface area contributed by atoms with Crippen molar-refractivity contribution in [3.63, 3.8) is 0 Å². The molecule has 0 unspecified atom stereocenters. The number of ether oxygens (including phenoxy) is 3. The molecule has 3 aliphatic heterocycles. The summed E-state index contributed by atoms with van der Waals surface area (Å²) in [5.74, 6) is 0.875. The van der Waals surface area contributed by atoms with Crippen LogP contribution in [0.5, 0.6) is 11.5 Å². The third-order valence-electron chi connectivity index (χ3n) is 6.46. The number of anilines is 1. The normalized spacial score (nSPS) is 27.7. The van der Waals surface area contributed by atoms with Crippen LogP contribution >= 0.6 is 0 Å². The molecular formula is C23H25N3O6. The van der Waals surface area contributed by atoms with E-state index >= 15 is 0 Å². The number of carbonyl (C=O) groups excluding carboxylic acids is 2. The fourth-order valence-corrected chi connectivity index (χ4v) is 4.96. The second-order valence-electron chi connectivity index (χ2n) is 8.35. The van der Waals surface area contributed by atoms with E-state index < -0.39 is 23.5 Å². The standard InChI is InChI=1S/C23H25N3O6/c1-13-10-18(25-32-13)26-12-23-8-6-16(31-23)19(20(23)22(26)28)21(27)24-9-7-14-4-5-15(29-2)17(11-14)30-3/h4-6,8,10-11,16,19-20H,7,9,12H2,1-3H3,(H,24,27)/t16-,19-,20+,23+/m1/s1. The highest BCUT2D eigenvalue weighted by atomic mass is 16.5. The number of amides is 2. The highest BCUT2D eigenvalue weighted by molar-refractivity contribution is 6.02. The number of hydrogen-bond donors (Lipinski definition) is 1. The van der Waals surface area contributed by atoms with E-state index in [2.05, 4.69) is 10.5 Å². The molecule has 4 atom stereocenters. The molecule has 0 saturated carbocycles. The summed E-state index contributed by atoms with van der Waals surface area (Å²) in [4.78, 5) is 27.9. The van der Waals surface area contributed by atoms with Crippen molar-refractivity contribution in [2.24, 2.45) is 11.8 Å². The summed E-state index contributed by atoms with van der Waals surface area (Å²) in [5.41, 5.74) is 0.216. The predicted molar refractivity (Wildman–Crippen MR) is 114 cm³/mol. The zero-order valence-corrected chi connectivity index (χ0v) is 18.2. The number of rotatable bonds is 7. The Kier molecular flexibility index (Phi) is 4.93. The Hall–Kier alpha value is -3.33. The minimum absolute atomic E-state index is 0.162. The lowest BCUT2D eigenvalue weighted by molar-refractivity contribution is -0.131. The predicted octanol–water partition coefficient (Wildman–Crippen LogP) is 1.65. The number of benzene rings is 1. The van der Waals surface area contributed by atoms with Gasteiger partial charge >= 0.3 is 0 Å². The molecule has 168 valence electrons. The summed E-state index contributed by atoms with van der Waals surface area (Å²) >= 11 is 0. The fourth-order valence-electron chi connectivity index (χ4n) is 4.96. The van der Waals surface area contributed by atoms with Gasteiger partial charge in [0.05, 0.1) is 38.7 Å². The van der Waals surface area contributed by atoms with Crippen molar-refractivity contribution in [2.45, 2.75) is 25.0 Å². The van der Waals surface area contributed by atoms with Crippen LogP contribution in [0, 0.1) is 18.8 Å². The SMILES string of the molecule is COc1ccc(CCNC(=O)[C@H]2[C@H]3C(=O)N(c4cc(C)on4)C[C@@]34C=C[C@H]2O4)cc1OC. The molecule has 2 bridgehead atoms. The third-order valence-corrected chi connectivity index (χ3v) is 6.46. The monoisotopic (exact) mass is 439 g/mol. The van der Waals surface area contributed by atoms with Crippen LogP contribution in [0.3, 0.4) is 0 Å². The number of aryl methyl sites for hydroxylation is 1. The molecule has 2 fully saturated rings. The maximum Gasteiger partial charge on any atom is 0.235 e. The molecule has 0 aliphatic carbocycles. The van der Waals surface area contributed by atoms with Gasteiger partial charge in [-0.15, -0.1) is 0 Å². The van der Waals surface area contributed by atoms with Crippen LogP contribution < -0.4 is 19.7 Å². The van der Waals surface area contributed by atoms with E-state index in [4.69, 9.17) is 18.7 Å². The third kappa shape index (κ3) is 3.15. The molecule has 2 amide bonds. The first kappa shape index (κ1) is 20.6. The van der Waals surface area contributed by atoms with Crippen LogP contribution in [0.2, 0.25) is 0 Å². The topological polar surface area (TPSA) is 103 Å². The lowest BCUT2D eigenvalue weighted by atomic mass is 9.77. The van der Waals surface area contributed by atoms with Crippen molar-refractivity contribution in [1.82, 2.24) is 10.5 Å².